The summed E-state index contributed by atoms with van der Waals surface area (Å²) in [5.74, 6) is 0.612. The van der Waals surface area contributed by atoms with E-state index in [9.17, 15) is 0 Å². The Morgan fingerprint density at radius 1 is 0.950 bits per heavy atom. The van der Waals surface area contributed by atoms with Gasteiger partial charge in [0.15, 0.2) is 0 Å². The molecule has 0 unspecified atom stereocenters. The molecular formula is C16H15N3O. The van der Waals surface area contributed by atoms with Gasteiger partial charge in [-0.1, -0.05) is 65.8 Å². The Morgan fingerprint density at radius 2 is 1.60 bits per heavy atom. The van der Waals surface area contributed by atoms with Crippen LogP contribution in [0, 0.1) is 0 Å². The van der Waals surface area contributed by atoms with Crippen LogP contribution in [0.15, 0.2) is 65.2 Å². The van der Waals surface area contributed by atoms with Crippen LogP contribution in [0.2, 0.25) is 0 Å². The van der Waals surface area contributed by atoms with Crippen molar-refractivity contribution < 1.29 is 4.52 Å². The van der Waals surface area contributed by atoms with E-state index in [0.29, 0.717) is 11.8 Å². The van der Waals surface area contributed by atoms with Gasteiger partial charge < -0.3 is 9.42 Å². The van der Waals surface area contributed by atoms with Gasteiger partial charge in [-0.25, -0.2) is 0 Å². The molecule has 0 saturated heterocycles. The van der Waals surface area contributed by atoms with Crippen LogP contribution >= 0.6 is 0 Å². The fraction of sp³-hybridized carbons (Fsp3) is 0.125. The molecule has 0 saturated carbocycles. The van der Waals surface area contributed by atoms with Crippen molar-refractivity contribution >= 4 is 6.01 Å². The third-order valence-corrected chi connectivity index (χ3v) is 3.04. The minimum atomic E-state index is 0.521. The first-order chi connectivity index (χ1) is 9.83. The maximum Gasteiger partial charge on any atom is 0.324 e. The van der Waals surface area contributed by atoms with Gasteiger partial charge in [0.1, 0.15) is 0 Å². The Bertz CT molecular complexity index is 664. The molecule has 0 aliphatic rings. The van der Waals surface area contributed by atoms with Gasteiger partial charge in [-0.2, -0.15) is 4.98 Å². The zero-order valence-electron chi connectivity index (χ0n) is 11.2. The lowest BCUT2D eigenvalue weighted by Gasteiger charge is -2.13. The highest BCUT2D eigenvalue weighted by Crippen LogP contribution is 2.19. The zero-order chi connectivity index (χ0) is 13.8. The fourth-order valence-electron chi connectivity index (χ4n) is 2.00. The van der Waals surface area contributed by atoms with Gasteiger partial charge in [-0.3, -0.25) is 0 Å². The number of anilines is 1. The topological polar surface area (TPSA) is 42.2 Å². The first-order valence-corrected chi connectivity index (χ1v) is 6.47. The lowest BCUT2D eigenvalue weighted by atomic mass is 10.2. The Labute approximate surface area is 117 Å². The minimum absolute atomic E-state index is 0.521. The molecule has 3 rings (SSSR count). The number of rotatable bonds is 4. The lowest BCUT2D eigenvalue weighted by molar-refractivity contribution is 0.418. The number of hydrogen-bond donors (Lipinski definition) is 0. The van der Waals surface area contributed by atoms with Crippen molar-refractivity contribution in [3.8, 4) is 11.4 Å². The molecule has 0 N–H and O–H groups in total. The molecule has 4 nitrogen and oxygen atoms in total. The van der Waals surface area contributed by atoms with Crippen molar-refractivity contribution in [1.29, 1.82) is 0 Å². The molecule has 0 aliphatic carbocycles. The van der Waals surface area contributed by atoms with E-state index >= 15 is 0 Å². The van der Waals surface area contributed by atoms with Gasteiger partial charge in [0.2, 0.25) is 5.82 Å². The third kappa shape index (κ3) is 2.69. The largest absolute Gasteiger partial charge is 0.324 e. The Balaban J connectivity index is 1.77. The van der Waals surface area contributed by atoms with E-state index < -0.39 is 0 Å². The van der Waals surface area contributed by atoms with Crippen molar-refractivity contribution in [2.45, 2.75) is 6.54 Å². The van der Waals surface area contributed by atoms with Crippen LogP contribution in [-0.4, -0.2) is 17.2 Å². The molecule has 1 heterocycles. The van der Waals surface area contributed by atoms with Crippen molar-refractivity contribution in [3.63, 3.8) is 0 Å². The van der Waals surface area contributed by atoms with Crippen molar-refractivity contribution in [3.05, 3.63) is 66.2 Å². The molecule has 0 atom stereocenters. The average molecular weight is 265 g/mol. The average Bonchev–Trinajstić information content (AvgIpc) is 2.99. The molecule has 0 aliphatic heterocycles. The van der Waals surface area contributed by atoms with Gasteiger partial charge in [0.25, 0.3) is 0 Å². The molecular weight excluding hydrogens is 250 g/mol. The summed E-state index contributed by atoms with van der Waals surface area (Å²) in [7, 11) is 1.94. The minimum Gasteiger partial charge on any atom is -0.323 e. The Hall–Kier alpha value is -2.62. The SMILES string of the molecule is CN(Cc1ccccc1)c1nc(-c2ccccc2)no1. The van der Waals surface area contributed by atoms with Crippen LogP contribution in [0.4, 0.5) is 6.01 Å². The molecule has 4 heteroatoms. The molecule has 1 aromatic heterocycles. The van der Waals surface area contributed by atoms with Crippen molar-refractivity contribution in [2.75, 3.05) is 11.9 Å². The number of aromatic nitrogens is 2. The summed E-state index contributed by atoms with van der Waals surface area (Å²) in [4.78, 5) is 6.36. The summed E-state index contributed by atoms with van der Waals surface area (Å²) in [6, 6.07) is 20.5. The molecule has 2 aromatic carbocycles. The lowest BCUT2D eigenvalue weighted by Crippen LogP contribution is -2.16. The van der Waals surface area contributed by atoms with Gasteiger partial charge in [-0.05, 0) is 5.56 Å². The summed E-state index contributed by atoms with van der Waals surface area (Å²) in [6.07, 6.45) is 0. The van der Waals surface area contributed by atoms with Crippen LogP contribution in [-0.2, 0) is 6.54 Å². The normalized spacial score (nSPS) is 10.4. The van der Waals surface area contributed by atoms with Gasteiger partial charge in [0, 0.05) is 19.2 Å². The second-order valence-electron chi connectivity index (χ2n) is 4.61. The highest BCUT2D eigenvalue weighted by Gasteiger charge is 2.12. The smallest absolute Gasteiger partial charge is 0.323 e. The summed E-state index contributed by atoms with van der Waals surface area (Å²) >= 11 is 0. The Kier molecular flexibility index (Phi) is 3.46. The Morgan fingerprint density at radius 3 is 2.30 bits per heavy atom. The number of benzene rings is 2. The predicted octanol–water partition coefficient (Wildman–Crippen LogP) is 3.37. The first-order valence-electron chi connectivity index (χ1n) is 6.47. The maximum absolute atomic E-state index is 5.32. The molecule has 0 amide bonds. The van der Waals surface area contributed by atoms with E-state index in [-0.39, 0.29) is 0 Å². The molecule has 20 heavy (non-hydrogen) atoms. The van der Waals surface area contributed by atoms with Crippen LogP contribution in [0.5, 0.6) is 0 Å². The summed E-state index contributed by atoms with van der Waals surface area (Å²) in [5.41, 5.74) is 2.16. The highest BCUT2D eigenvalue weighted by molar-refractivity contribution is 5.55. The van der Waals surface area contributed by atoms with E-state index in [4.69, 9.17) is 4.52 Å². The second kappa shape index (κ2) is 5.57. The van der Waals surface area contributed by atoms with Crippen LogP contribution in [0.1, 0.15) is 5.56 Å². The molecule has 0 fully saturated rings. The molecule has 3 aromatic rings. The van der Waals surface area contributed by atoms with Gasteiger partial charge in [0.05, 0.1) is 0 Å². The quantitative estimate of drug-likeness (QED) is 0.725. The summed E-state index contributed by atoms with van der Waals surface area (Å²) < 4.78 is 5.32. The number of hydrogen-bond acceptors (Lipinski definition) is 4. The monoisotopic (exact) mass is 265 g/mol. The molecule has 100 valence electrons. The molecule has 0 radical (unpaired) electrons. The van der Waals surface area contributed by atoms with E-state index in [1.165, 1.54) is 5.56 Å². The fourth-order valence-corrected chi connectivity index (χ4v) is 2.00. The highest BCUT2D eigenvalue weighted by atomic mass is 16.5. The van der Waals surface area contributed by atoms with E-state index in [0.717, 1.165) is 12.1 Å². The first kappa shape index (κ1) is 12.4. The second-order valence-corrected chi connectivity index (χ2v) is 4.61. The van der Waals surface area contributed by atoms with E-state index in [1.54, 1.807) is 0 Å². The van der Waals surface area contributed by atoms with Gasteiger partial charge in [-0.15, -0.1) is 0 Å². The summed E-state index contributed by atoms with van der Waals surface area (Å²) in [5, 5.41) is 4.02. The van der Waals surface area contributed by atoms with E-state index in [2.05, 4.69) is 22.3 Å². The van der Waals surface area contributed by atoms with Crippen LogP contribution in [0.25, 0.3) is 11.4 Å². The predicted molar refractivity (Wildman–Crippen MR) is 78.3 cm³/mol. The van der Waals surface area contributed by atoms with Crippen molar-refractivity contribution in [1.82, 2.24) is 10.1 Å². The van der Waals surface area contributed by atoms with Crippen LogP contribution in [0.3, 0.4) is 0 Å². The van der Waals surface area contributed by atoms with Gasteiger partial charge >= 0.3 is 6.01 Å². The van der Waals surface area contributed by atoms with E-state index in [1.807, 2.05) is 60.5 Å². The number of nitrogens with zero attached hydrogens (tertiary/aromatic N) is 3. The van der Waals surface area contributed by atoms with Crippen LogP contribution < -0.4 is 4.90 Å². The standard InChI is InChI=1S/C16H15N3O/c1-19(12-13-8-4-2-5-9-13)16-17-15(18-20-16)14-10-6-3-7-11-14/h2-11H,12H2,1H3. The van der Waals surface area contributed by atoms with Crippen molar-refractivity contribution in [2.24, 2.45) is 0 Å². The third-order valence-electron chi connectivity index (χ3n) is 3.04. The summed E-state index contributed by atoms with van der Waals surface area (Å²) in [6.45, 7) is 0.733. The zero-order valence-corrected chi connectivity index (χ0v) is 11.2. The molecule has 0 spiro atoms. The maximum atomic E-state index is 5.32. The molecule has 0 bridgehead atoms.